The molecule has 0 unspecified atom stereocenters. The van der Waals surface area contributed by atoms with E-state index in [2.05, 4.69) is 81.0 Å². The van der Waals surface area contributed by atoms with Crippen molar-refractivity contribution in [3.8, 4) is 11.1 Å². The van der Waals surface area contributed by atoms with Gasteiger partial charge in [0.2, 0.25) is 0 Å². The molecule has 0 amide bonds. The molecule has 4 rings (SSSR count). The molecule has 0 radical (unpaired) electrons. The molecule has 30 heavy (non-hydrogen) atoms. The van der Waals surface area contributed by atoms with E-state index >= 15 is 0 Å². The normalized spacial score (nSPS) is 14.1. The summed E-state index contributed by atoms with van der Waals surface area (Å²) >= 11 is 0. The predicted molar refractivity (Wildman–Crippen MR) is 126 cm³/mol. The summed E-state index contributed by atoms with van der Waals surface area (Å²) in [6, 6.07) is 11.1. The van der Waals surface area contributed by atoms with Crippen molar-refractivity contribution in [3.63, 3.8) is 0 Å². The molecule has 1 N–H and O–H groups in total. The summed E-state index contributed by atoms with van der Waals surface area (Å²) < 4.78 is 0. The molecule has 0 fully saturated rings. The number of pyridine rings is 2. The maximum Gasteiger partial charge on any atom is 0.0454 e. The zero-order valence-corrected chi connectivity index (χ0v) is 18.3. The molecular formula is C27H29N3. The monoisotopic (exact) mass is 395 g/mol. The highest BCUT2D eigenvalue weighted by molar-refractivity contribution is 5.84. The number of aromatic nitrogens is 2. The SMILES string of the molecule is C=C1NCCCc2cc(/C(=C/C)c3cc(-c4c(C)ccnc4C)cnc3C)ccc21. The van der Waals surface area contributed by atoms with Crippen molar-refractivity contribution in [1.82, 2.24) is 15.3 Å². The van der Waals surface area contributed by atoms with Crippen LogP contribution in [0.3, 0.4) is 0 Å². The minimum absolute atomic E-state index is 0.980. The summed E-state index contributed by atoms with van der Waals surface area (Å²) in [4.78, 5) is 9.25. The highest BCUT2D eigenvalue weighted by atomic mass is 14.9. The van der Waals surface area contributed by atoms with Gasteiger partial charge in [0, 0.05) is 58.3 Å². The molecule has 0 aliphatic carbocycles. The average Bonchev–Trinajstić information content (AvgIpc) is 2.91. The minimum Gasteiger partial charge on any atom is -0.385 e. The lowest BCUT2D eigenvalue weighted by molar-refractivity contribution is 0.783. The summed E-state index contributed by atoms with van der Waals surface area (Å²) in [6.07, 6.45) is 8.22. The summed E-state index contributed by atoms with van der Waals surface area (Å²) in [7, 11) is 0. The molecular weight excluding hydrogens is 366 g/mol. The number of hydrogen-bond acceptors (Lipinski definition) is 3. The molecule has 0 atom stereocenters. The quantitative estimate of drug-likeness (QED) is 0.589. The third kappa shape index (κ3) is 3.68. The van der Waals surface area contributed by atoms with Gasteiger partial charge in [0.15, 0.2) is 0 Å². The van der Waals surface area contributed by atoms with Crippen LogP contribution in [0.15, 0.2) is 55.4 Å². The lowest BCUT2D eigenvalue weighted by Gasteiger charge is -2.16. The van der Waals surface area contributed by atoms with E-state index in [0.29, 0.717) is 0 Å². The number of nitrogens with zero attached hydrogens (tertiary/aromatic N) is 2. The number of aryl methyl sites for hydroxylation is 4. The van der Waals surface area contributed by atoms with Gasteiger partial charge in [0.05, 0.1) is 0 Å². The number of nitrogens with one attached hydrogen (secondary N) is 1. The van der Waals surface area contributed by atoms with Crippen LogP contribution in [0, 0.1) is 20.8 Å². The lowest BCUT2D eigenvalue weighted by atomic mass is 9.90. The van der Waals surface area contributed by atoms with Crippen molar-refractivity contribution in [1.29, 1.82) is 0 Å². The summed E-state index contributed by atoms with van der Waals surface area (Å²) in [5, 5.41) is 3.42. The Morgan fingerprint density at radius 1 is 1.07 bits per heavy atom. The Kier molecular flexibility index (Phi) is 5.54. The fourth-order valence-corrected chi connectivity index (χ4v) is 4.43. The minimum atomic E-state index is 0.980. The summed E-state index contributed by atoms with van der Waals surface area (Å²) in [5.74, 6) is 0. The topological polar surface area (TPSA) is 37.8 Å². The van der Waals surface area contributed by atoms with E-state index in [9.17, 15) is 0 Å². The van der Waals surface area contributed by atoms with Gasteiger partial charge in [-0.1, -0.05) is 30.9 Å². The van der Waals surface area contributed by atoms with Gasteiger partial charge in [-0.2, -0.15) is 0 Å². The second-order valence-electron chi connectivity index (χ2n) is 8.03. The Labute approximate surface area is 179 Å². The van der Waals surface area contributed by atoms with Gasteiger partial charge < -0.3 is 5.32 Å². The standard InChI is InChI=1S/C27H29N3/c1-6-24(22-9-10-25-18(3)28-12-7-8-21(25)14-22)26-15-23(16-30-19(26)4)27-17(2)11-13-29-20(27)5/h6,9-11,13-16,28H,3,7-8,12H2,1-2,4-5H3/b24-6-. The first-order valence-corrected chi connectivity index (χ1v) is 10.6. The van der Waals surface area contributed by atoms with Crippen molar-refractivity contribution in [2.24, 2.45) is 0 Å². The molecule has 0 saturated carbocycles. The number of hydrogen-bond donors (Lipinski definition) is 1. The van der Waals surface area contributed by atoms with Gasteiger partial charge in [0.25, 0.3) is 0 Å². The highest BCUT2D eigenvalue weighted by Crippen LogP contribution is 2.33. The number of allylic oxidation sites excluding steroid dienone is 1. The van der Waals surface area contributed by atoms with E-state index in [-0.39, 0.29) is 0 Å². The first kappa shape index (κ1) is 20.1. The largest absolute Gasteiger partial charge is 0.385 e. The van der Waals surface area contributed by atoms with Gasteiger partial charge in [-0.3, -0.25) is 9.97 Å². The van der Waals surface area contributed by atoms with E-state index in [1.54, 1.807) is 0 Å². The molecule has 1 aliphatic rings. The Hall–Kier alpha value is -3.20. The van der Waals surface area contributed by atoms with E-state index in [1.807, 2.05) is 12.4 Å². The molecule has 0 spiro atoms. The Morgan fingerprint density at radius 2 is 1.90 bits per heavy atom. The van der Waals surface area contributed by atoms with Crippen LogP contribution in [-0.2, 0) is 6.42 Å². The predicted octanol–water partition coefficient (Wildman–Crippen LogP) is 6.03. The van der Waals surface area contributed by atoms with Gasteiger partial charge >= 0.3 is 0 Å². The zero-order chi connectivity index (χ0) is 21.3. The molecule has 3 nitrogen and oxygen atoms in total. The number of benzene rings is 1. The Balaban J connectivity index is 1.82. The highest BCUT2D eigenvalue weighted by Gasteiger charge is 2.16. The van der Waals surface area contributed by atoms with Crippen LogP contribution < -0.4 is 5.32 Å². The summed E-state index contributed by atoms with van der Waals surface area (Å²) in [6.45, 7) is 13.6. The maximum atomic E-state index is 4.75. The first-order chi connectivity index (χ1) is 14.5. The Bertz CT molecular complexity index is 1130. The van der Waals surface area contributed by atoms with Crippen LogP contribution in [0.4, 0.5) is 0 Å². The molecule has 3 heteroatoms. The van der Waals surface area contributed by atoms with Crippen molar-refractivity contribution in [2.75, 3.05) is 6.54 Å². The first-order valence-electron chi connectivity index (χ1n) is 10.6. The Morgan fingerprint density at radius 3 is 2.67 bits per heavy atom. The van der Waals surface area contributed by atoms with Gasteiger partial charge in [-0.05, 0) is 74.9 Å². The maximum absolute atomic E-state index is 4.75. The van der Waals surface area contributed by atoms with Gasteiger partial charge in [0.1, 0.15) is 0 Å². The molecule has 0 saturated heterocycles. The van der Waals surface area contributed by atoms with E-state index < -0.39 is 0 Å². The fourth-order valence-electron chi connectivity index (χ4n) is 4.43. The van der Waals surface area contributed by atoms with E-state index in [0.717, 1.165) is 42.0 Å². The second-order valence-corrected chi connectivity index (χ2v) is 8.03. The average molecular weight is 396 g/mol. The van der Waals surface area contributed by atoms with Crippen molar-refractivity contribution >= 4 is 11.3 Å². The zero-order valence-electron chi connectivity index (χ0n) is 18.3. The molecule has 3 aromatic rings. The van der Waals surface area contributed by atoms with Crippen LogP contribution in [0.25, 0.3) is 22.4 Å². The van der Waals surface area contributed by atoms with E-state index in [4.69, 9.17) is 4.98 Å². The smallest absolute Gasteiger partial charge is 0.0454 e. The molecule has 1 aromatic carbocycles. The number of fused-ring (bicyclic) bond motifs is 1. The molecule has 3 heterocycles. The summed E-state index contributed by atoms with van der Waals surface area (Å²) in [5.41, 5.74) is 12.8. The molecule has 0 bridgehead atoms. The molecule has 1 aliphatic heterocycles. The van der Waals surface area contributed by atoms with E-state index in [1.165, 1.54) is 39.0 Å². The molecule has 152 valence electrons. The lowest BCUT2D eigenvalue weighted by Crippen LogP contribution is -2.10. The van der Waals surface area contributed by atoms with Crippen molar-refractivity contribution in [2.45, 2.75) is 40.5 Å². The van der Waals surface area contributed by atoms with Gasteiger partial charge in [-0.15, -0.1) is 0 Å². The van der Waals surface area contributed by atoms with Gasteiger partial charge in [-0.25, -0.2) is 0 Å². The van der Waals surface area contributed by atoms with Crippen LogP contribution in [0.2, 0.25) is 0 Å². The van der Waals surface area contributed by atoms with Crippen LogP contribution in [-0.4, -0.2) is 16.5 Å². The van der Waals surface area contributed by atoms with Crippen LogP contribution in [0.5, 0.6) is 0 Å². The second kappa shape index (κ2) is 8.27. The third-order valence-corrected chi connectivity index (χ3v) is 6.01. The van der Waals surface area contributed by atoms with Crippen LogP contribution in [0.1, 0.15) is 52.5 Å². The number of rotatable bonds is 3. The van der Waals surface area contributed by atoms with Crippen molar-refractivity contribution < 1.29 is 0 Å². The third-order valence-electron chi connectivity index (χ3n) is 6.01. The van der Waals surface area contributed by atoms with Crippen molar-refractivity contribution in [3.05, 3.63) is 94.6 Å². The van der Waals surface area contributed by atoms with Crippen LogP contribution >= 0.6 is 0 Å². The molecule has 2 aromatic heterocycles. The fraction of sp³-hybridized carbons (Fsp3) is 0.259.